The van der Waals surface area contributed by atoms with Crippen LogP contribution in [0.25, 0.3) is 0 Å². The Balaban J connectivity index is 1.26. The van der Waals surface area contributed by atoms with Crippen molar-refractivity contribution < 1.29 is 9.53 Å². The maximum absolute atomic E-state index is 12.3. The summed E-state index contributed by atoms with van der Waals surface area (Å²) in [5.41, 5.74) is 1.12. The number of rotatable bonds is 4. The van der Waals surface area contributed by atoms with Crippen molar-refractivity contribution in [3.8, 4) is 0 Å². The highest BCUT2D eigenvalue weighted by atomic mass is 16.5. The van der Waals surface area contributed by atoms with Gasteiger partial charge in [-0.1, -0.05) is 6.07 Å². The van der Waals surface area contributed by atoms with E-state index in [4.69, 9.17) is 4.74 Å². The van der Waals surface area contributed by atoms with Crippen LogP contribution in [0.5, 0.6) is 0 Å². The van der Waals surface area contributed by atoms with E-state index in [0.717, 1.165) is 57.7 Å². The monoisotopic (exact) mass is 315 g/mol. The number of likely N-dealkylation sites (tertiary alicyclic amines) is 2. The van der Waals surface area contributed by atoms with Gasteiger partial charge in [0.2, 0.25) is 5.91 Å². The smallest absolute Gasteiger partial charge is 0.225 e. The minimum atomic E-state index is 0.134. The second kappa shape index (κ2) is 6.57. The van der Waals surface area contributed by atoms with Crippen LogP contribution >= 0.6 is 0 Å². The SMILES string of the molecule is O=C(C[C@@H]1C[C@H]2CN(Cc3ccccn3)C[C@H]2O1)N1CCCC1. The molecule has 23 heavy (non-hydrogen) atoms. The molecule has 0 unspecified atom stereocenters. The van der Waals surface area contributed by atoms with Crippen molar-refractivity contribution in [2.24, 2.45) is 5.92 Å². The third kappa shape index (κ3) is 3.40. The first-order valence-corrected chi connectivity index (χ1v) is 8.83. The zero-order chi connectivity index (χ0) is 15.6. The molecule has 1 aromatic rings. The third-order valence-corrected chi connectivity index (χ3v) is 5.36. The highest BCUT2D eigenvalue weighted by molar-refractivity contribution is 5.77. The van der Waals surface area contributed by atoms with Crippen LogP contribution in [-0.2, 0) is 16.1 Å². The van der Waals surface area contributed by atoms with E-state index in [1.807, 2.05) is 23.2 Å². The summed E-state index contributed by atoms with van der Waals surface area (Å²) < 4.78 is 6.17. The second-order valence-electron chi connectivity index (χ2n) is 7.10. The van der Waals surface area contributed by atoms with Crippen LogP contribution in [0, 0.1) is 5.92 Å². The Morgan fingerprint density at radius 3 is 2.87 bits per heavy atom. The van der Waals surface area contributed by atoms with E-state index in [2.05, 4.69) is 16.0 Å². The number of fused-ring (bicyclic) bond motifs is 1. The topological polar surface area (TPSA) is 45.7 Å². The molecule has 0 saturated carbocycles. The maximum Gasteiger partial charge on any atom is 0.225 e. The summed E-state index contributed by atoms with van der Waals surface area (Å²) >= 11 is 0. The van der Waals surface area contributed by atoms with Crippen LogP contribution in [0.4, 0.5) is 0 Å². The van der Waals surface area contributed by atoms with E-state index in [1.165, 1.54) is 0 Å². The Kier molecular flexibility index (Phi) is 4.31. The molecule has 5 heteroatoms. The first-order chi connectivity index (χ1) is 11.3. The molecule has 1 aromatic heterocycles. The van der Waals surface area contributed by atoms with Gasteiger partial charge in [-0.15, -0.1) is 0 Å². The van der Waals surface area contributed by atoms with Crippen molar-refractivity contribution in [1.82, 2.24) is 14.8 Å². The molecule has 0 bridgehead atoms. The Morgan fingerprint density at radius 2 is 2.13 bits per heavy atom. The first kappa shape index (κ1) is 15.1. The maximum atomic E-state index is 12.3. The van der Waals surface area contributed by atoms with Crippen LogP contribution < -0.4 is 0 Å². The van der Waals surface area contributed by atoms with E-state index < -0.39 is 0 Å². The fourth-order valence-electron chi connectivity index (χ4n) is 4.22. The van der Waals surface area contributed by atoms with Crippen LogP contribution in [0.3, 0.4) is 0 Å². The van der Waals surface area contributed by atoms with Gasteiger partial charge in [0.15, 0.2) is 0 Å². The number of amides is 1. The number of hydrogen-bond acceptors (Lipinski definition) is 4. The lowest BCUT2D eigenvalue weighted by atomic mass is 10.0. The van der Waals surface area contributed by atoms with Crippen LogP contribution in [0.2, 0.25) is 0 Å². The molecule has 1 amide bonds. The van der Waals surface area contributed by atoms with E-state index in [1.54, 1.807) is 0 Å². The number of pyridine rings is 1. The fraction of sp³-hybridized carbons (Fsp3) is 0.667. The van der Waals surface area contributed by atoms with Crippen molar-refractivity contribution >= 4 is 5.91 Å². The Bertz CT molecular complexity index is 530. The molecule has 0 radical (unpaired) electrons. The Morgan fingerprint density at radius 1 is 1.26 bits per heavy atom. The molecule has 3 aliphatic rings. The van der Waals surface area contributed by atoms with Gasteiger partial charge in [-0.3, -0.25) is 14.7 Å². The van der Waals surface area contributed by atoms with Gasteiger partial charge < -0.3 is 9.64 Å². The zero-order valence-electron chi connectivity index (χ0n) is 13.6. The normalized spacial score (nSPS) is 30.8. The molecular formula is C18H25N3O2. The minimum absolute atomic E-state index is 0.134. The van der Waals surface area contributed by atoms with E-state index in [-0.39, 0.29) is 12.0 Å². The molecule has 4 rings (SSSR count). The van der Waals surface area contributed by atoms with Gasteiger partial charge in [0.1, 0.15) is 0 Å². The molecule has 0 spiro atoms. The van der Waals surface area contributed by atoms with Gasteiger partial charge in [-0.05, 0) is 31.4 Å². The second-order valence-corrected chi connectivity index (χ2v) is 7.10. The standard InChI is InChI=1S/C18H25N3O2/c22-18(21-7-3-4-8-21)10-16-9-14-11-20(13-17(14)23-16)12-15-5-1-2-6-19-15/h1-2,5-6,14,16-17H,3-4,7-13H2/t14-,16-,17+/m0/s1. The molecule has 3 aliphatic heterocycles. The quantitative estimate of drug-likeness (QED) is 0.848. The molecule has 0 aromatic carbocycles. The fourth-order valence-corrected chi connectivity index (χ4v) is 4.22. The molecule has 124 valence electrons. The summed E-state index contributed by atoms with van der Waals surface area (Å²) in [6.07, 6.45) is 6.21. The molecule has 3 saturated heterocycles. The van der Waals surface area contributed by atoms with E-state index in [0.29, 0.717) is 18.4 Å². The Labute approximate surface area is 137 Å². The summed E-state index contributed by atoms with van der Waals surface area (Å²) in [6.45, 7) is 4.81. The minimum Gasteiger partial charge on any atom is -0.373 e. The summed E-state index contributed by atoms with van der Waals surface area (Å²) in [6, 6.07) is 6.06. The van der Waals surface area contributed by atoms with Crippen molar-refractivity contribution in [3.05, 3.63) is 30.1 Å². The number of hydrogen-bond donors (Lipinski definition) is 0. The molecule has 3 atom stereocenters. The number of aromatic nitrogens is 1. The summed E-state index contributed by atoms with van der Waals surface area (Å²) in [5, 5.41) is 0. The number of carbonyl (C=O) groups is 1. The van der Waals surface area contributed by atoms with Gasteiger partial charge in [0.25, 0.3) is 0 Å². The van der Waals surface area contributed by atoms with E-state index >= 15 is 0 Å². The van der Waals surface area contributed by atoms with Gasteiger partial charge in [0.05, 0.1) is 24.3 Å². The molecule has 3 fully saturated rings. The third-order valence-electron chi connectivity index (χ3n) is 5.36. The van der Waals surface area contributed by atoms with Gasteiger partial charge in [-0.25, -0.2) is 0 Å². The van der Waals surface area contributed by atoms with Crippen molar-refractivity contribution in [1.29, 1.82) is 0 Å². The summed E-state index contributed by atoms with van der Waals surface area (Å²) in [4.78, 5) is 21.1. The van der Waals surface area contributed by atoms with Gasteiger partial charge in [0, 0.05) is 44.8 Å². The molecule has 5 nitrogen and oxygen atoms in total. The van der Waals surface area contributed by atoms with Gasteiger partial charge in [-0.2, -0.15) is 0 Å². The summed E-state index contributed by atoms with van der Waals surface area (Å²) in [7, 11) is 0. The van der Waals surface area contributed by atoms with Crippen LogP contribution in [-0.4, -0.2) is 59.1 Å². The number of nitrogens with zero attached hydrogens (tertiary/aromatic N) is 3. The molecule has 4 heterocycles. The first-order valence-electron chi connectivity index (χ1n) is 8.83. The lowest BCUT2D eigenvalue weighted by molar-refractivity contribution is -0.132. The lowest BCUT2D eigenvalue weighted by Gasteiger charge is -2.20. The van der Waals surface area contributed by atoms with Crippen molar-refractivity contribution in [2.45, 2.75) is 44.4 Å². The average molecular weight is 315 g/mol. The predicted molar refractivity (Wildman–Crippen MR) is 86.7 cm³/mol. The molecular weight excluding hydrogens is 290 g/mol. The summed E-state index contributed by atoms with van der Waals surface area (Å²) in [5.74, 6) is 0.868. The number of ether oxygens (including phenoxy) is 1. The van der Waals surface area contributed by atoms with Gasteiger partial charge >= 0.3 is 0 Å². The molecule has 0 aliphatic carbocycles. The molecule has 0 N–H and O–H groups in total. The Hall–Kier alpha value is -1.46. The highest BCUT2D eigenvalue weighted by Crippen LogP contribution is 2.35. The predicted octanol–water partition coefficient (Wildman–Crippen LogP) is 1.68. The highest BCUT2D eigenvalue weighted by Gasteiger charge is 2.42. The zero-order valence-corrected chi connectivity index (χ0v) is 13.6. The van der Waals surface area contributed by atoms with E-state index in [9.17, 15) is 4.79 Å². The lowest BCUT2D eigenvalue weighted by Crippen LogP contribution is -2.32. The number of carbonyl (C=O) groups excluding carboxylic acids is 1. The van der Waals surface area contributed by atoms with Crippen molar-refractivity contribution in [2.75, 3.05) is 26.2 Å². The van der Waals surface area contributed by atoms with Crippen LogP contribution in [0.1, 0.15) is 31.4 Å². The average Bonchev–Trinajstić information content (AvgIpc) is 3.24. The van der Waals surface area contributed by atoms with Crippen LogP contribution in [0.15, 0.2) is 24.4 Å². The largest absolute Gasteiger partial charge is 0.373 e. The van der Waals surface area contributed by atoms with Crippen molar-refractivity contribution in [3.63, 3.8) is 0 Å².